The number of halogens is 1. The first-order chi connectivity index (χ1) is 8.63. The zero-order valence-electron chi connectivity index (χ0n) is 11.3. The van der Waals surface area contributed by atoms with Gasteiger partial charge in [-0.3, -0.25) is 0 Å². The van der Waals surface area contributed by atoms with Crippen molar-refractivity contribution in [2.24, 2.45) is 0 Å². The molecule has 0 saturated heterocycles. The van der Waals surface area contributed by atoms with Gasteiger partial charge in [0.25, 0.3) is 0 Å². The second-order valence-corrected chi connectivity index (χ2v) is 5.36. The molecular weight excluding hydrogens is 294 g/mol. The summed E-state index contributed by atoms with van der Waals surface area (Å²) in [4.78, 5) is 0. The van der Waals surface area contributed by atoms with Crippen LogP contribution in [0.1, 0.15) is 25.8 Å². The van der Waals surface area contributed by atoms with Crippen molar-refractivity contribution < 1.29 is 9.47 Å². The summed E-state index contributed by atoms with van der Waals surface area (Å²) < 4.78 is 11.9. The van der Waals surface area contributed by atoms with Crippen molar-refractivity contribution in [2.45, 2.75) is 32.9 Å². The summed E-state index contributed by atoms with van der Waals surface area (Å²) >= 11 is 3.49. The van der Waals surface area contributed by atoms with E-state index in [4.69, 9.17) is 9.47 Å². The molecule has 1 aromatic carbocycles. The Morgan fingerprint density at radius 3 is 2.78 bits per heavy atom. The van der Waals surface area contributed by atoms with Crippen LogP contribution < -0.4 is 10.1 Å². The third-order valence-corrected chi connectivity index (χ3v) is 2.90. The Balaban J connectivity index is 2.53. The van der Waals surface area contributed by atoms with Gasteiger partial charge in [-0.05, 0) is 45.0 Å². The van der Waals surface area contributed by atoms with E-state index in [9.17, 15) is 0 Å². The highest BCUT2D eigenvalue weighted by Crippen LogP contribution is 2.24. The van der Waals surface area contributed by atoms with E-state index in [1.54, 1.807) is 7.11 Å². The van der Waals surface area contributed by atoms with E-state index in [1.807, 2.05) is 26.0 Å². The van der Waals surface area contributed by atoms with Gasteiger partial charge in [0.1, 0.15) is 5.75 Å². The third-order valence-electron chi connectivity index (χ3n) is 2.40. The lowest BCUT2D eigenvalue weighted by Crippen LogP contribution is -2.17. The van der Waals surface area contributed by atoms with Crippen LogP contribution in [0.25, 0.3) is 0 Å². The highest BCUT2D eigenvalue weighted by atomic mass is 79.9. The fourth-order valence-corrected chi connectivity index (χ4v) is 2.03. The fourth-order valence-electron chi connectivity index (χ4n) is 1.62. The maximum atomic E-state index is 5.79. The Morgan fingerprint density at radius 2 is 2.11 bits per heavy atom. The summed E-state index contributed by atoms with van der Waals surface area (Å²) in [6.45, 7) is 6.63. The lowest BCUT2D eigenvalue weighted by atomic mass is 10.2. The van der Waals surface area contributed by atoms with Crippen molar-refractivity contribution in [3.63, 3.8) is 0 Å². The van der Waals surface area contributed by atoms with Crippen LogP contribution in [0.2, 0.25) is 0 Å². The van der Waals surface area contributed by atoms with Crippen LogP contribution in [0.4, 0.5) is 0 Å². The largest absolute Gasteiger partial charge is 0.491 e. The smallest absolute Gasteiger partial charge is 0.124 e. The Bertz CT molecular complexity index is 356. The van der Waals surface area contributed by atoms with Crippen LogP contribution in [0.15, 0.2) is 22.7 Å². The van der Waals surface area contributed by atoms with Crippen LogP contribution >= 0.6 is 15.9 Å². The second kappa shape index (κ2) is 8.51. The molecule has 1 rings (SSSR count). The van der Waals surface area contributed by atoms with E-state index >= 15 is 0 Å². The summed E-state index contributed by atoms with van der Waals surface area (Å²) in [5, 5.41) is 3.40. The van der Waals surface area contributed by atoms with E-state index < -0.39 is 0 Å². The summed E-state index contributed by atoms with van der Waals surface area (Å²) in [6.07, 6.45) is 1.21. The Kier molecular flexibility index (Phi) is 7.32. The molecular formula is C14H22BrNO2. The van der Waals surface area contributed by atoms with Crippen molar-refractivity contribution in [1.82, 2.24) is 5.32 Å². The van der Waals surface area contributed by atoms with Crippen molar-refractivity contribution in [3.05, 3.63) is 28.2 Å². The predicted octanol–water partition coefficient (Wildman–Crippen LogP) is 3.36. The molecule has 0 saturated carbocycles. The quantitative estimate of drug-likeness (QED) is 0.746. The van der Waals surface area contributed by atoms with Crippen molar-refractivity contribution in [1.29, 1.82) is 0 Å². The van der Waals surface area contributed by atoms with Gasteiger partial charge in [-0.25, -0.2) is 0 Å². The molecule has 4 heteroatoms. The monoisotopic (exact) mass is 315 g/mol. The second-order valence-electron chi connectivity index (χ2n) is 4.44. The number of methoxy groups -OCH3 is 1. The van der Waals surface area contributed by atoms with Crippen LogP contribution in [0.3, 0.4) is 0 Å². The molecule has 0 amide bonds. The van der Waals surface area contributed by atoms with Gasteiger partial charge in [-0.15, -0.1) is 0 Å². The Labute approximate surface area is 118 Å². The SMILES string of the molecule is COCCCNCc1cc(Br)ccc1OC(C)C. The van der Waals surface area contributed by atoms with Gasteiger partial charge < -0.3 is 14.8 Å². The molecule has 1 aromatic rings. The molecule has 0 aromatic heterocycles. The van der Waals surface area contributed by atoms with E-state index in [-0.39, 0.29) is 6.10 Å². The molecule has 0 spiro atoms. The summed E-state index contributed by atoms with van der Waals surface area (Å²) in [5.41, 5.74) is 1.18. The summed E-state index contributed by atoms with van der Waals surface area (Å²) in [6, 6.07) is 6.11. The van der Waals surface area contributed by atoms with Gasteiger partial charge in [0.15, 0.2) is 0 Å². The minimum absolute atomic E-state index is 0.193. The fraction of sp³-hybridized carbons (Fsp3) is 0.571. The van der Waals surface area contributed by atoms with Gasteiger partial charge in [0.2, 0.25) is 0 Å². The number of hydrogen-bond acceptors (Lipinski definition) is 3. The normalized spacial score (nSPS) is 10.9. The minimum Gasteiger partial charge on any atom is -0.491 e. The number of rotatable bonds is 8. The Hall–Kier alpha value is -0.580. The van der Waals surface area contributed by atoms with Crippen molar-refractivity contribution >= 4 is 15.9 Å². The molecule has 3 nitrogen and oxygen atoms in total. The molecule has 18 heavy (non-hydrogen) atoms. The van der Waals surface area contributed by atoms with E-state index in [1.165, 1.54) is 5.56 Å². The first-order valence-corrected chi connectivity index (χ1v) is 7.07. The van der Waals surface area contributed by atoms with Crippen LogP contribution in [-0.2, 0) is 11.3 Å². The molecule has 0 atom stereocenters. The average molecular weight is 316 g/mol. The molecule has 0 bridgehead atoms. The maximum Gasteiger partial charge on any atom is 0.124 e. The maximum absolute atomic E-state index is 5.79. The van der Waals surface area contributed by atoms with Crippen LogP contribution in [0.5, 0.6) is 5.75 Å². The summed E-state index contributed by atoms with van der Waals surface area (Å²) in [5.74, 6) is 0.951. The van der Waals surface area contributed by atoms with Crippen LogP contribution in [0, 0.1) is 0 Å². The number of hydrogen-bond donors (Lipinski definition) is 1. The van der Waals surface area contributed by atoms with Gasteiger partial charge in [0, 0.05) is 30.3 Å². The highest BCUT2D eigenvalue weighted by molar-refractivity contribution is 9.10. The Morgan fingerprint density at radius 1 is 1.33 bits per heavy atom. The van der Waals surface area contributed by atoms with Gasteiger partial charge >= 0.3 is 0 Å². The molecule has 0 aliphatic rings. The standard InChI is InChI=1S/C14H22BrNO2/c1-11(2)18-14-6-5-13(15)9-12(14)10-16-7-4-8-17-3/h5-6,9,11,16H,4,7-8,10H2,1-3H3. The molecule has 1 N–H and O–H groups in total. The molecule has 0 aliphatic carbocycles. The average Bonchev–Trinajstić information content (AvgIpc) is 2.31. The molecule has 0 heterocycles. The number of benzene rings is 1. The predicted molar refractivity (Wildman–Crippen MR) is 78.1 cm³/mol. The third kappa shape index (κ3) is 5.85. The van der Waals surface area contributed by atoms with Crippen molar-refractivity contribution in [2.75, 3.05) is 20.3 Å². The molecule has 102 valence electrons. The first-order valence-electron chi connectivity index (χ1n) is 6.28. The molecule has 0 radical (unpaired) electrons. The molecule has 0 aliphatic heterocycles. The number of ether oxygens (including phenoxy) is 2. The van der Waals surface area contributed by atoms with Gasteiger partial charge in [0.05, 0.1) is 6.10 Å². The van der Waals surface area contributed by atoms with E-state index in [0.29, 0.717) is 0 Å². The topological polar surface area (TPSA) is 30.5 Å². The first kappa shape index (κ1) is 15.5. The number of nitrogens with one attached hydrogen (secondary N) is 1. The van der Waals surface area contributed by atoms with E-state index in [0.717, 1.165) is 36.3 Å². The molecule has 0 unspecified atom stereocenters. The van der Waals surface area contributed by atoms with Crippen LogP contribution in [-0.4, -0.2) is 26.4 Å². The summed E-state index contributed by atoms with van der Waals surface area (Å²) in [7, 11) is 1.73. The van der Waals surface area contributed by atoms with E-state index in [2.05, 4.69) is 27.3 Å². The highest BCUT2D eigenvalue weighted by Gasteiger charge is 2.06. The minimum atomic E-state index is 0.193. The zero-order chi connectivity index (χ0) is 13.4. The van der Waals surface area contributed by atoms with Gasteiger partial charge in [-0.2, -0.15) is 0 Å². The van der Waals surface area contributed by atoms with Crippen molar-refractivity contribution in [3.8, 4) is 5.75 Å². The zero-order valence-corrected chi connectivity index (χ0v) is 12.9. The lowest BCUT2D eigenvalue weighted by Gasteiger charge is -2.15. The molecule has 0 fully saturated rings. The van der Waals surface area contributed by atoms with Gasteiger partial charge in [-0.1, -0.05) is 15.9 Å². The lowest BCUT2D eigenvalue weighted by molar-refractivity contribution is 0.194.